The summed E-state index contributed by atoms with van der Waals surface area (Å²) in [6.07, 6.45) is 1.82. The Morgan fingerprint density at radius 2 is 2.05 bits per heavy atom. The maximum absolute atomic E-state index is 12.2. The number of benzene rings is 1. The number of carbonyl (C=O) groups is 2. The lowest BCUT2D eigenvalue weighted by Crippen LogP contribution is -2.41. The number of hydrogen-bond acceptors (Lipinski definition) is 3. The Kier molecular flexibility index (Phi) is 5.12. The number of aliphatic carboxylic acids is 1. The van der Waals surface area contributed by atoms with Gasteiger partial charge in [0.1, 0.15) is 12.6 Å². The second-order valence-electron chi connectivity index (χ2n) is 4.93. The third-order valence-electron chi connectivity index (χ3n) is 3.35. The Hall–Kier alpha value is -1.88. The third kappa shape index (κ3) is 4.06. The molecule has 20 heavy (non-hydrogen) atoms. The molecule has 1 aromatic rings. The fourth-order valence-electron chi connectivity index (χ4n) is 2.32. The van der Waals surface area contributed by atoms with Gasteiger partial charge in [0.25, 0.3) is 5.91 Å². The maximum Gasteiger partial charge on any atom is 0.323 e. The number of hydrogen-bond donors (Lipinski definition) is 1. The van der Waals surface area contributed by atoms with E-state index in [2.05, 4.69) is 0 Å². The summed E-state index contributed by atoms with van der Waals surface area (Å²) in [5.74, 6) is -1.19. The molecule has 1 heterocycles. The van der Waals surface area contributed by atoms with Crippen LogP contribution in [0.5, 0.6) is 0 Å². The fourth-order valence-corrected chi connectivity index (χ4v) is 2.32. The van der Waals surface area contributed by atoms with Crippen LogP contribution < -0.4 is 0 Å². The van der Waals surface area contributed by atoms with Crippen molar-refractivity contribution in [3.8, 4) is 0 Å². The minimum atomic E-state index is -0.984. The standard InChI is InChI=1S/C15H19NO4/c17-14(18)10-16-9-5-4-8-13(15(16)19)20-11-12-6-2-1-3-7-12/h1-3,6-7,13H,4-5,8-11H2,(H,17,18)/t13-/m0/s1. The fraction of sp³-hybridized carbons (Fsp3) is 0.467. The summed E-state index contributed by atoms with van der Waals surface area (Å²) >= 11 is 0. The van der Waals surface area contributed by atoms with Gasteiger partial charge in [0.15, 0.2) is 0 Å². The third-order valence-corrected chi connectivity index (χ3v) is 3.35. The molecular weight excluding hydrogens is 258 g/mol. The Balaban J connectivity index is 1.95. The number of likely N-dealkylation sites (tertiary alicyclic amines) is 1. The molecule has 1 amide bonds. The molecule has 2 rings (SSSR count). The molecule has 1 fully saturated rings. The van der Waals surface area contributed by atoms with Crippen molar-refractivity contribution in [3.05, 3.63) is 35.9 Å². The van der Waals surface area contributed by atoms with Gasteiger partial charge in [-0.3, -0.25) is 9.59 Å². The molecule has 0 saturated carbocycles. The van der Waals surface area contributed by atoms with E-state index in [1.165, 1.54) is 4.90 Å². The molecule has 1 N–H and O–H groups in total. The Labute approximate surface area is 118 Å². The molecule has 1 atom stereocenters. The van der Waals surface area contributed by atoms with E-state index in [0.29, 0.717) is 19.6 Å². The normalized spacial score (nSPS) is 19.7. The Morgan fingerprint density at radius 3 is 2.75 bits per heavy atom. The first kappa shape index (κ1) is 14.5. The van der Waals surface area contributed by atoms with E-state index < -0.39 is 12.1 Å². The van der Waals surface area contributed by atoms with Gasteiger partial charge >= 0.3 is 5.97 Å². The summed E-state index contributed by atoms with van der Waals surface area (Å²) in [6, 6.07) is 9.65. The van der Waals surface area contributed by atoms with Gasteiger partial charge < -0.3 is 14.7 Å². The van der Waals surface area contributed by atoms with Gasteiger partial charge in [-0.05, 0) is 24.8 Å². The lowest BCUT2D eigenvalue weighted by Gasteiger charge is -2.22. The topological polar surface area (TPSA) is 66.8 Å². The van der Waals surface area contributed by atoms with Crippen molar-refractivity contribution in [3.63, 3.8) is 0 Å². The van der Waals surface area contributed by atoms with Crippen LogP contribution in [-0.4, -0.2) is 41.1 Å². The molecule has 0 spiro atoms. The monoisotopic (exact) mass is 277 g/mol. The van der Waals surface area contributed by atoms with E-state index in [9.17, 15) is 9.59 Å². The van der Waals surface area contributed by atoms with E-state index in [-0.39, 0.29) is 12.5 Å². The SMILES string of the molecule is O=C(O)CN1CCCC[C@H](OCc2ccccc2)C1=O. The van der Waals surface area contributed by atoms with Crippen LogP contribution in [0.2, 0.25) is 0 Å². The van der Waals surface area contributed by atoms with E-state index in [0.717, 1.165) is 18.4 Å². The van der Waals surface area contributed by atoms with Crippen LogP contribution in [0.15, 0.2) is 30.3 Å². The molecule has 0 bridgehead atoms. The van der Waals surface area contributed by atoms with Crippen LogP contribution in [0.1, 0.15) is 24.8 Å². The number of carboxylic acids is 1. The van der Waals surface area contributed by atoms with Crippen LogP contribution in [0.3, 0.4) is 0 Å². The maximum atomic E-state index is 12.2. The lowest BCUT2D eigenvalue weighted by atomic mass is 10.2. The number of ether oxygens (including phenoxy) is 1. The first-order valence-electron chi connectivity index (χ1n) is 6.83. The molecule has 5 heteroatoms. The predicted octanol–water partition coefficient (Wildman–Crippen LogP) is 1.67. The second kappa shape index (κ2) is 7.05. The van der Waals surface area contributed by atoms with Crippen LogP contribution in [0, 0.1) is 0 Å². The summed E-state index contributed by atoms with van der Waals surface area (Å²) in [5.41, 5.74) is 1.01. The highest BCUT2D eigenvalue weighted by Crippen LogP contribution is 2.16. The Morgan fingerprint density at radius 1 is 1.30 bits per heavy atom. The van der Waals surface area contributed by atoms with Crippen molar-refractivity contribution < 1.29 is 19.4 Å². The summed E-state index contributed by atoms with van der Waals surface area (Å²) in [4.78, 5) is 24.4. The summed E-state index contributed by atoms with van der Waals surface area (Å²) < 4.78 is 5.69. The molecule has 1 saturated heterocycles. The van der Waals surface area contributed by atoms with Crippen molar-refractivity contribution in [1.82, 2.24) is 4.90 Å². The number of amides is 1. The van der Waals surface area contributed by atoms with Crippen LogP contribution in [0.4, 0.5) is 0 Å². The number of rotatable bonds is 5. The van der Waals surface area contributed by atoms with E-state index in [4.69, 9.17) is 9.84 Å². The average molecular weight is 277 g/mol. The molecule has 1 aromatic carbocycles. The largest absolute Gasteiger partial charge is 0.480 e. The minimum Gasteiger partial charge on any atom is -0.480 e. The van der Waals surface area contributed by atoms with Crippen molar-refractivity contribution in [2.24, 2.45) is 0 Å². The smallest absolute Gasteiger partial charge is 0.323 e. The molecule has 0 aromatic heterocycles. The Bertz CT molecular complexity index is 460. The molecule has 0 aliphatic carbocycles. The molecule has 1 aliphatic rings. The number of carboxylic acid groups (broad SMARTS) is 1. The summed E-state index contributed by atoms with van der Waals surface area (Å²) in [6.45, 7) is 0.624. The van der Waals surface area contributed by atoms with Crippen molar-refractivity contribution >= 4 is 11.9 Å². The molecule has 0 radical (unpaired) electrons. The van der Waals surface area contributed by atoms with E-state index in [1.807, 2.05) is 30.3 Å². The zero-order valence-corrected chi connectivity index (χ0v) is 11.3. The van der Waals surface area contributed by atoms with Gasteiger partial charge in [-0.1, -0.05) is 30.3 Å². The predicted molar refractivity (Wildman–Crippen MR) is 73.1 cm³/mol. The van der Waals surface area contributed by atoms with Gasteiger partial charge in [-0.15, -0.1) is 0 Å². The molecular formula is C15H19NO4. The van der Waals surface area contributed by atoms with Gasteiger partial charge in [-0.2, -0.15) is 0 Å². The highest BCUT2D eigenvalue weighted by atomic mass is 16.5. The van der Waals surface area contributed by atoms with E-state index >= 15 is 0 Å². The molecule has 1 aliphatic heterocycles. The quantitative estimate of drug-likeness (QED) is 0.889. The van der Waals surface area contributed by atoms with Crippen LogP contribution in [-0.2, 0) is 20.9 Å². The number of carbonyl (C=O) groups excluding carboxylic acids is 1. The number of nitrogens with zero attached hydrogens (tertiary/aromatic N) is 1. The highest BCUT2D eigenvalue weighted by Gasteiger charge is 2.28. The second-order valence-corrected chi connectivity index (χ2v) is 4.93. The highest BCUT2D eigenvalue weighted by molar-refractivity contribution is 5.84. The average Bonchev–Trinajstić information content (AvgIpc) is 2.61. The molecule has 108 valence electrons. The first-order chi connectivity index (χ1) is 9.66. The van der Waals surface area contributed by atoms with Gasteiger partial charge in [0.05, 0.1) is 6.61 Å². The van der Waals surface area contributed by atoms with E-state index in [1.54, 1.807) is 0 Å². The zero-order chi connectivity index (χ0) is 14.4. The van der Waals surface area contributed by atoms with Gasteiger partial charge in [-0.25, -0.2) is 0 Å². The summed E-state index contributed by atoms with van der Waals surface area (Å²) in [5, 5.41) is 8.83. The lowest BCUT2D eigenvalue weighted by molar-refractivity contribution is -0.150. The molecule has 0 unspecified atom stereocenters. The van der Waals surface area contributed by atoms with Crippen molar-refractivity contribution in [2.75, 3.05) is 13.1 Å². The zero-order valence-electron chi connectivity index (χ0n) is 11.3. The van der Waals surface area contributed by atoms with Gasteiger partial charge in [0, 0.05) is 6.54 Å². The summed E-state index contributed by atoms with van der Waals surface area (Å²) in [7, 11) is 0. The van der Waals surface area contributed by atoms with Crippen molar-refractivity contribution in [1.29, 1.82) is 0 Å². The van der Waals surface area contributed by atoms with Gasteiger partial charge in [0.2, 0.25) is 0 Å². The van der Waals surface area contributed by atoms with Crippen LogP contribution >= 0.6 is 0 Å². The van der Waals surface area contributed by atoms with Crippen molar-refractivity contribution in [2.45, 2.75) is 32.0 Å². The van der Waals surface area contributed by atoms with Crippen LogP contribution in [0.25, 0.3) is 0 Å². The molecule has 5 nitrogen and oxygen atoms in total. The first-order valence-corrected chi connectivity index (χ1v) is 6.83. The minimum absolute atomic E-state index is 0.208.